The Morgan fingerprint density at radius 3 is 2.38 bits per heavy atom. The highest BCUT2D eigenvalue weighted by Crippen LogP contribution is 2.19. The van der Waals surface area contributed by atoms with Crippen LogP contribution in [0, 0.1) is 10.8 Å². The summed E-state index contributed by atoms with van der Waals surface area (Å²) in [5.41, 5.74) is 1.47. The van der Waals surface area contributed by atoms with Crippen LogP contribution < -0.4 is 4.90 Å². The normalized spacial score (nSPS) is 15.9. The smallest absolute Gasteiger partial charge is 0.129 e. The summed E-state index contributed by atoms with van der Waals surface area (Å²) in [5, 5.41) is 14.5. The zero-order chi connectivity index (χ0) is 11.4. The monoisotopic (exact) mass is 216 g/mol. The van der Waals surface area contributed by atoms with Crippen LogP contribution in [0.2, 0.25) is 0 Å². The Morgan fingerprint density at radius 1 is 1.06 bits per heavy atom. The first-order valence-electron chi connectivity index (χ1n) is 5.61. The van der Waals surface area contributed by atoms with Gasteiger partial charge in [0.1, 0.15) is 5.82 Å². The number of hydrogen-bond acceptors (Lipinski definition) is 4. The number of rotatable bonds is 3. The highest BCUT2D eigenvalue weighted by Gasteiger charge is 2.12. The van der Waals surface area contributed by atoms with E-state index in [4.69, 9.17) is 10.8 Å². The molecule has 4 heteroatoms. The number of anilines is 1. The van der Waals surface area contributed by atoms with Crippen molar-refractivity contribution < 1.29 is 0 Å². The molecule has 0 unspecified atom stereocenters. The summed E-state index contributed by atoms with van der Waals surface area (Å²) in [6, 6.07) is 1.90. The molecule has 0 atom stereocenters. The van der Waals surface area contributed by atoms with Gasteiger partial charge in [-0.3, -0.25) is 0 Å². The van der Waals surface area contributed by atoms with Crippen molar-refractivity contribution in [2.24, 2.45) is 0 Å². The molecule has 1 fully saturated rings. The van der Waals surface area contributed by atoms with Gasteiger partial charge in [0.25, 0.3) is 0 Å². The van der Waals surface area contributed by atoms with Crippen LogP contribution >= 0.6 is 0 Å². The summed E-state index contributed by atoms with van der Waals surface area (Å²) in [6.45, 7) is 2.10. The Hall–Kier alpha value is -1.71. The fourth-order valence-corrected chi connectivity index (χ4v) is 2.01. The first-order valence-corrected chi connectivity index (χ1v) is 5.61. The average Bonchev–Trinajstić information content (AvgIpc) is 2.39. The third-order valence-corrected chi connectivity index (χ3v) is 2.94. The van der Waals surface area contributed by atoms with Crippen LogP contribution in [0.5, 0.6) is 0 Å². The van der Waals surface area contributed by atoms with Crippen molar-refractivity contribution in [1.82, 2.24) is 4.98 Å². The second-order valence-electron chi connectivity index (χ2n) is 4.01. The minimum Gasteiger partial charge on any atom is -0.357 e. The molecule has 0 aliphatic carbocycles. The van der Waals surface area contributed by atoms with Crippen LogP contribution in [0.4, 0.5) is 5.82 Å². The minimum absolute atomic E-state index is 0.704. The standard InChI is InChI=1S/C12H16N4/c13-7-10-6-12(15-9-11(10)8-14)16-4-2-1-3-5-16/h6-9,13-14H,1-5H2. The van der Waals surface area contributed by atoms with Crippen molar-refractivity contribution >= 4 is 18.2 Å². The van der Waals surface area contributed by atoms with Gasteiger partial charge >= 0.3 is 0 Å². The quantitative estimate of drug-likeness (QED) is 0.760. The molecule has 84 valence electrons. The Balaban J connectivity index is 2.27. The predicted octanol–water partition coefficient (Wildman–Crippen LogP) is 2.07. The highest BCUT2D eigenvalue weighted by atomic mass is 15.2. The van der Waals surface area contributed by atoms with Gasteiger partial charge in [-0.1, -0.05) is 0 Å². The maximum Gasteiger partial charge on any atom is 0.129 e. The lowest BCUT2D eigenvalue weighted by molar-refractivity contribution is 0.573. The molecule has 2 N–H and O–H groups in total. The fraction of sp³-hybridized carbons (Fsp3) is 0.417. The van der Waals surface area contributed by atoms with E-state index < -0.39 is 0 Å². The zero-order valence-corrected chi connectivity index (χ0v) is 9.24. The van der Waals surface area contributed by atoms with Crippen LogP contribution in [-0.4, -0.2) is 30.5 Å². The van der Waals surface area contributed by atoms with Gasteiger partial charge in [-0.15, -0.1) is 0 Å². The number of nitrogens with one attached hydrogen (secondary N) is 2. The summed E-state index contributed by atoms with van der Waals surface area (Å²) < 4.78 is 0. The molecule has 0 bridgehead atoms. The van der Waals surface area contributed by atoms with Gasteiger partial charge in [0.15, 0.2) is 0 Å². The molecule has 0 amide bonds. The van der Waals surface area contributed by atoms with Gasteiger partial charge in [-0.05, 0) is 25.3 Å². The van der Waals surface area contributed by atoms with Gasteiger partial charge < -0.3 is 15.7 Å². The second-order valence-corrected chi connectivity index (χ2v) is 4.01. The molecule has 2 rings (SSSR count). The van der Waals surface area contributed by atoms with E-state index in [0.29, 0.717) is 5.56 Å². The lowest BCUT2D eigenvalue weighted by Crippen LogP contribution is -2.30. The highest BCUT2D eigenvalue weighted by molar-refractivity contribution is 5.92. The number of pyridine rings is 1. The molecule has 1 aromatic heterocycles. The van der Waals surface area contributed by atoms with Crippen molar-refractivity contribution in [3.63, 3.8) is 0 Å². The van der Waals surface area contributed by atoms with E-state index in [9.17, 15) is 0 Å². The van der Waals surface area contributed by atoms with Gasteiger partial charge in [0.2, 0.25) is 0 Å². The first-order chi connectivity index (χ1) is 7.85. The van der Waals surface area contributed by atoms with Gasteiger partial charge in [0.05, 0.1) is 0 Å². The summed E-state index contributed by atoms with van der Waals surface area (Å²) in [4.78, 5) is 6.61. The summed E-state index contributed by atoms with van der Waals surface area (Å²) >= 11 is 0. The van der Waals surface area contributed by atoms with E-state index in [1.807, 2.05) is 6.07 Å². The molecule has 1 saturated heterocycles. The lowest BCUT2D eigenvalue weighted by Gasteiger charge is -2.28. The van der Waals surface area contributed by atoms with E-state index >= 15 is 0 Å². The summed E-state index contributed by atoms with van der Waals surface area (Å²) in [5.74, 6) is 0.934. The topological polar surface area (TPSA) is 63.8 Å². The third-order valence-electron chi connectivity index (χ3n) is 2.94. The van der Waals surface area contributed by atoms with Gasteiger partial charge in [-0.25, -0.2) is 4.98 Å². The number of aromatic nitrogens is 1. The molecular formula is C12H16N4. The summed E-state index contributed by atoms with van der Waals surface area (Å²) in [7, 11) is 0. The van der Waals surface area contributed by atoms with E-state index in [1.54, 1.807) is 6.20 Å². The van der Waals surface area contributed by atoms with Crippen molar-refractivity contribution in [1.29, 1.82) is 10.8 Å². The van der Waals surface area contributed by atoms with Gasteiger partial charge in [0, 0.05) is 42.8 Å². The maximum atomic E-state index is 7.32. The van der Waals surface area contributed by atoms with Crippen molar-refractivity contribution in [2.45, 2.75) is 19.3 Å². The number of hydrogen-bond donors (Lipinski definition) is 2. The molecule has 0 aromatic carbocycles. The van der Waals surface area contributed by atoms with Crippen LogP contribution in [0.3, 0.4) is 0 Å². The average molecular weight is 216 g/mol. The van der Waals surface area contributed by atoms with Crippen LogP contribution in [0.25, 0.3) is 0 Å². The third kappa shape index (κ3) is 2.10. The minimum atomic E-state index is 0.704. The molecule has 1 aliphatic heterocycles. The largest absolute Gasteiger partial charge is 0.357 e. The van der Waals surface area contributed by atoms with Crippen molar-refractivity contribution in [3.05, 3.63) is 23.4 Å². The SMILES string of the molecule is N=Cc1cnc(N2CCCCC2)cc1C=N. The molecule has 0 radical (unpaired) electrons. The molecule has 0 saturated carbocycles. The molecule has 0 spiro atoms. The van der Waals surface area contributed by atoms with Gasteiger partial charge in [-0.2, -0.15) is 0 Å². The lowest BCUT2D eigenvalue weighted by atomic mass is 10.1. The Bertz CT molecular complexity index is 394. The van der Waals surface area contributed by atoms with Crippen LogP contribution in [-0.2, 0) is 0 Å². The van der Waals surface area contributed by atoms with Crippen LogP contribution in [0.15, 0.2) is 12.3 Å². The molecule has 4 nitrogen and oxygen atoms in total. The predicted molar refractivity (Wildman–Crippen MR) is 66.1 cm³/mol. The van der Waals surface area contributed by atoms with Crippen molar-refractivity contribution in [3.8, 4) is 0 Å². The molecular weight excluding hydrogens is 200 g/mol. The number of nitrogens with zero attached hydrogens (tertiary/aromatic N) is 2. The van der Waals surface area contributed by atoms with E-state index in [0.717, 1.165) is 24.5 Å². The fourth-order valence-electron chi connectivity index (χ4n) is 2.01. The van der Waals surface area contributed by atoms with E-state index in [1.165, 1.54) is 31.7 Å². The van der Waals surface area contributed by atoms with Crippen molar-refractivity contribution in [2.75, 3.05) is 18.0 Å². The Morgan fingerprint density at radius 2 is 1.75 bits per heavy atom. The zero-order valence-electron chi connectivity index (χ0n) is 9.24. The van der Waals surface area contributed by atoms with Crippen LogP contribution in [0.1, 0.15) is 30.4 Å². The first kappa shape index (κ1) is 10.8. The molecule has 1 aliphatic rings. The van der Waals surface area contributed by atoms with E-state index in [2.05, 4.69) is 9.88 Å². The van der Waals surface area contributed by atoms with E-state index in [-0.39, 0.29) is 0 Å². The Kier molecular flexibility index (Phi) is 3.29. The molecule has 1 aromatic rings. The molecule has 16 heavy (non-hydrogen) atoms. The number of piperidine rings is 1. The Labute approximate surface area is 95.3 Å². The molecule has 2 heterocycles. The maximum absolute atomic E-state index is 7.32. The summed E-state index contributed by atoms with van der Waals surface area (Å²) in [6.07, 6.45) is 7.94. The second kappa shape index (κ2) is 4.88.